The smallest absolute Gasteiger partial charge is 0.310 e. The summed E-state index contributed by atoms with van der Waals surface area (Å²) in [6.45, 7) is -0.0797. The molecule has 0 radical (unpaired) electrons. The number of aliphatic carboxylic acids is 1. The first kappa shape index (κ1) is 11.1. The molecule has 1 aliphatic carbocycles. The van der Waals surface area contributed by atoms with E-state index in [0.717, 1.165) is 0 Å². The van der Waals surface area contributed by atoms with Gasteiger partial charge in [-0.2, -0.15) is 0 Å². The fourth-order valence-electron chi connectivity index (χ4n) is 1.32. The molecule has 1 fully saturated rings. The van der Waals surface area contributed by atoms with E-state index in [1.165, 1.54) is 12.5 Å². The van der Waals surface area contributed by atoms with Crippen LogP contribution in [0.1, 0.15) is 12.8 Å². The third kappa shape index (κ3) is 1.93. The summed E-state index contributed by atoms with van der Waals surface area (Å²) in [6.07, 6.45) is 3.43. The van der Waals surface area contributed by atoms with Gasteiger partial charge in [-0.3, -0.25) is 4.79 Å². The van der Waals surface area contributed by atoms with Crippen LogP contribution < -0.4 is 4.72 Å². The topological polar surface area (TPSA) is 112 Å². The number of hydrogen-bond acceptors (Lipinski definition) is 4. The van der Waals surface area contributed by atoms with Gasteiger partial charge in [0.15, 0.2) is 5.03 Å². The lowest BCUT2D eigenvalue weighted by molar-refractivity contribution is -0.143. The maximum atomic E-state index is 11.6. The molecule has 7 nitrogen and oxygen atoms in total. The van der Waals surface area contributed by atoms with Crippen molar-refractivity contribution in [1.82, 2.24) is 14.7 Å². The van der Waals surface area contributed by atoms with E-state index < -0.39 is 21.4 Å². The average molecular weight is 245 g/mol. The Morgan fingerprint density at radius 2 is 2.31 bits per heavy atom. The first-order chi connectivity index (χ1) is 7.46. The van der Waals surface area contributed by atoms with E-state index >= 15 is 0 Å². The summed E-state index contributed by atoms with van der Waals surface area (Å²) < 4.78 is 25.5. The lowest BCUT2D eigenvalue weighted by Gasteiger charge is -2.10. The molecule has 2 rings (SSSR count). The number of carbonyl (C=O) groups is 1. The van der Waals surface area contributed by atoms with Gasteiger partial charge in [0.1, 0.15) is 0 Å². The molecular weight excluding hydrogens is 234 g/mol. The first-order valence-electron chi connectivity index (χ1n) is 4.68. The lowest BCUT2D eigenvalue weighted by atomic mass is 10.1. The number of sulfonamides is 1. The molecule has 16 heavy (non-hydrogen) atoms. The van der Waals surface area contributed by atoms with E-state index in [1.54, 1.807) is 0 Å². The molecule has 8 heteroatoms. The summed E-state index contributed by atoms with van der Waals surface area (Å²) >= 11 is 0. The molecule has 1 aromatic rings. The minimum atomic E-state index is -3.68. The Morgan fingerprint density at radius 1 is 1.62 bits per heavy atom. The zero-order valence-corrected chi connectivity index (χ0v) is 9.12. The van der Waals surface area contributed by atoms with Crippen molar-refractivity contribution in [2.75, 3.05) is 6.54 Å². The number of carboxylic acids is 1. The van der Waals surface area contributed by atoms with E-state index in [1.807, 2.05) is 0 Å². The SMILES string of the molecule is O=C(O)C1(CNS(=O)(=O)c2cnc[nH]2)CC1. The van der Waals surface area contributed by atoms with Gasteiger partial charge in [0, 0.05) is 6.54 Å². The summed E-state index contributed by atoms with van der Waals surface area (Å²) in [6, 6.07) is 0. The van der Waals surface area contributed by atoms with E-state index in [9.17, 15) is 13.2 Å². The first-order valence-corrected chi connectivity index (χ1v) is 6.16. The van der Waals surface area contributed by atoms with Crippen LogP contribution in [0.3, 0.4) is 0 Å². The number of aromatic nitrogens is 2. The highest BCUT2D eigenvalue weighted by Crippen LogP contribution is 2.45. The quantitative estimate of drug-likeness (QED) is 0.650. The van der Waals surface area contributed by atoms with Crippen molar-refractivity contribution in [3.05, 3.63) is 12.5 Å². The largest absolute Gasteiger partial charge is 0.481 e. The normalized spacial score (nSPS) is 18.2. The Morgan fingerprint density at radius 3 is 2.75 bits per heavy atom. The molecule has 1 saturated carbocycles. The number of aromatic amines is 1. The summed E-state index contributed by atoms with van der Waals surface area (Å²) in [7, 11) is -3.68. The van der Waals surface area contributed by atoms with Crippen molar-refractivity contribution in [2.45, 2.75) is 17.9 Å². The number of rotatable bonds is 5. The van der Waals surface area contributed by atoms with E-state index in [2.05, 4.69) is 14.7 Å². The van der Waals surface area contributed by atoms with Gasteiger partial charge in [-0.05, 0) is 12.8 Å². The second-order valence-corrected chi connectivity index (χ2v) is 5.56. The van der Waals surface area contributed by atoms with Crippen LogP contribution in [-0.4, -0.2) is 36.0 Å². The average Bonchev–Trinajstić information content (AvgIpc) is 2.80. The van der Waals surface area contributed by atoms with E-state index in [-0.39, 0.29) is 11.6 Å². The zero-order chi connectivity index (χ0) is 11.8. The van der Waals surface area contributed by atoms with Crippen molar-refractivity contribution in [1.29, 1.82) is 0 Å². The van der Waals surface area contributed by atoms with Gasteiger partial charge in [-0.1, -0.05) is 0 Å². The van der Waals surface area contributed by atoms with Crippen molar-refractivity contribution in [2.24, 2.45) is 5.41 Å². The van der Waals surface area contributed by atoms with E-state index in [0.29, 0.717) is 12.8 Å². The Labute approximate surface area is 91.9 Å². The fraction of sp³-hybridized carbons (Fsp3) is 0.500. The van der Waals surface area contributed by atoms with E-state index in [4.69, 9.17) is 5.11 Å². The van der Waals surface area contributed by atoms with Crippen LogP contribution in [0.5, 0.6) is 0 Å². The van der Waals surface area contributed by atoms with Gasteiger partial charge in [-0.25, -0.2) is 18.1 Å². The molecule has 0 spiro atoms. The van der Waals surface area contributed by atoms with Gasteiger partial charge in [0.25, 0.3) is 10.0 Å². The predicted octanol–water partition coefficient (Wildman–Crippen LogP) is -0.447. The standard InChI is InChI=1S/C8H11N3O4S/c12-7(13)8(1-2-8)4-11-16(14,15)6-3-9-5-10-6/h3,5,11H,1-2,4H2,(H,9,10)(H,12,13). The number of carboxylic acid groups (broad SMARTS) is 1. The van der Waals surface area contributed by atoms with Crippen molar-refractivity contribution in [3.63, 3.8) is 0 Å². The molecule has 3 N–H and O–H groups in total. The third-order valence-electron chi connectivity index (χ3n) is 2.67. The molecule has 0 atom stereocenters. The second-order valence-electron chi connectivity index (χ2n) is 3.83. The molecule has 0 bridgehead atoms. The monoisotopic (exact) mass is 245 g/mol. The van der Waals surface area contributed by atoms with Crippen LogP contribution in [0.25, 0.3) is 0 Å². The Bertz CT molecular complexity index is 489. The maximum Gasteiger partial charge on any atom is 0.310 e. The number of nitrogens with zero attached hydrogens (tertiary/aromatic N) is 1. The highest BCUT2D eigenvalue weighted by atomic mass is 32.2. The number of H-pyrrole nitrogens is 1. The van der Waals surface area contributed by atoms with Crippen LogP contribution in [0.15, 0.2) is 17.6 Å². The molecule has 0 aromatic carbocycles. The lowest BCUT2D eigenvalue weighted by Crippen LogP contribution is -2.34. The molecule has 1 aromatic heterocycles. The molecular formula is C8H11N3O4S. The second kappa shape index (κ2) is 3.56. The highest BCUT2D eigenvalue weighted by Gasteiger charge is 2.50. The van der Waals surface area contributed by atoms with Crippen LogP contribution >= 0.6 is 0 Å². The van der Waals surface area contributed by atoms with Gasteiger partial charge < -0.3 is 10.1 Å². The Balaban J connectivity index is 2.04. The van der Waals surface area contributed by atoms with Gasteiger partial charge in [0.05, 0.1) is 17.9 Å². The Hall–Kier alpha value is -1.41. The summed E-state index contributed by atoms with van der Waals surface area (Å²) in [5.41, 5.74) is -0.910. The van der Waals surface area contributed by atoms with Gasteiger partial charge in [-0.15, -0.1) is 0 Å². The maximum absolute atomic E-state index is 11.6. The molecule has 0 saturated heterocycles. The highest BCUT2D eigenvalue weighted by molar-refractivity contribution is 7.89. The van der Waals surface area contributed by atoms with Crippen LogP contribution in [-0.2, 0) is 14.8 Å². The van der Waals surface area contributed by atoms with Gasteiger partial charge in [0.2, 0.25) is 0 Å². The summed E-state index contributed by atoms with van der Waals surface area (Å²) in [5, 5.41) is 8.81. The predicted molar refractivity (Wildman–Crippen MR) is 53.1 cm³/mol. The van der Waals surface area contributed by atoms with Crippen LogP contribution in [0.4, 0.5) is 0 Å². The van der Waals surface area contributed by atoms with Crippen molar-refractivity contribution < 1.29 is 18.3 Å². The minimum Gasteiger partial charge on any atom is -0.481 e. The Kier molecular flexibility index (Phi) is 2.47. The molecule has 1 heterocycles. The zero-order valence-electron chi connectivity index (χ0n) is 8.30. The summed E-state index contributed by atoms with van der Waals surface area (Å²) in [5.74, 6) is -0.959. The third-order valence-corrected chi connectivity index (χ3v) is 4.00. The number of nitrogens with one attached hydrogen (secondary N) is 2. The molecule has 0 amide bonds. The molecule has 0 unspecified atom stereocenters. The van der Waals surface area contributed by atoms with Gasteiger partial charge >= 0.3 is 5.97 Å². The number of imidazole rings is 1. The van der Waals surface area contributed by atoms with Crippen molar-refractivity contribution in [3.8, 4) is 0 Å². The molecule has 1 aliphatic rings. The molecule has 0 aliphatic heterocycles. The fourth-order valence-corrected chi connectivity index (χ4v) is 2.35. The van der Waals surface area contributed by atoms with Crippen molar-refractivity contribution >= 4 is 16.0 Å². The molecule has 88 valence electrons. The summed E-state index contributed by atoms with van der Waals surface area (Å²) in [4.78, 5) is 16.9. The number of hydrogen-bond donors (Lipinski definition) is 3. The van der Waals surface area contributed by atoms with Crippen LogP contribution in [0, 0.1) is 5.41 Å². The minimum absolute atomic E-state index is 0.0614. The van der Waals surface area contributed by atoms with Crippen LogP contribution in [0.2, 0.25) is 0 Å².